The Labute approximate surface area is 120 Å². The van der Waals surface area contributed by atoms with Crippen LogP contribution in [0.2, 0.25) is 0 Å². The van der Waals surface area contributed by atoms with Crippen molar-refractivity contribution in [3.63, 3.8) is 0 Å². The fraction of sp³-hybridized carbons (Fsp3) is 0.933. The summed E-state index contributed by atoms with van der Waals surface area (Å²) in [7, 11) is 0. The number of nitrogens with zero attached hydrogens (tertiary/aromatic N) is 1. The molecule has 1 atom stereocenters. The van der Waals surface area contributed by atoms with E-state index in [2.05, 4.69) is 20.8 Å². The van der Waals surface area contributed by atoms with Crippen LogP contribution in [0.25, 0.3) is 0 Å². The van der Waals surface area contributed by atoms with Crippen LogP contribution in [0.4, 0.5) is 0 Å². The van der Waals surface area contributed by atoms with Crippen LogP contribution in [0.3, 0.4) is 0 Å². The van der Waals surface area contributed by atoms with Crippen molar-refractivity contribution >= 4 is 21.8 Å². The molecule has 3 heteroatoms. The fourth-order valence-corrected chi connectivity index (χ4v) is 4.09. The molecule has 2 rings (SSSR count). The van der Waals surface area contributed by atoms with Gasteiger partial charge in [0, 0.05) is 24.3 Å². The summed E-state index contributed by atoms with van der Waals surface area (Å²) in [5.74, 6) is 1.54. The lowest BCUT2D eigenvalue weighted by Crippen LogP contribution is -2.43. The minimum absolute atomic E-state index is 0.343. The summed E-state index contributed by atoms with van der Waals surface area (Å²) >= 11 is 3.53. The van der Waals surface area contributed by atoms with Gasteiger partial charge in [-0.1, -0.05) is 41.6 Å². The SMILES string of the molecule is O=C(C1CCCCCC1)N1CCCC(CCBr)C1. The standard InChI is InChI=1S/C15H26BrNO/c16-10-9-13-6-5-11-17(12-13)15(18)14-7-3-1-2-4-8-14/h13-14H,1-12H2. The average molecular weight is 316 g/mol. The Morgan fingerprint density at radius 2 is 1.78 bits per heavy atom. The maximum Gasteiger partial charge on any atom is 0.225 e. The molecule has 1 heterocycles. The topological polar surface area (TPSA) is 20.3 Å². The number of hydrogen-bond acceptors (Lipinski definition) is 1. The highest BCUT2D eigenvalue weighted by molar-refractivity contribution is 9.09. The van der Waals surface area contributed by atoms with Gasteiger partial charge in [0.05, 0.1) is 0 Å². The van der Waals surface area contributed by atoms with E-state index in [0.717, 1.165) is 37.2 Å². The molecule has 1 saturated carbocycles. The highest BCUT2D eigenvalue weighted by Gasteiger charge is 2.28. The largest absolute Gasteiger partial charge is 0.342 e. The first-order valence-electron chi connectivity index (χ1n) is 7.66. The number of halogens is 1. The number of alkyl halides is 1. The van der Waals surface area contributed by atoms with E-state index in [1.807, 2.05) is 0 Å². The van der Waals surface area contributed by atoms with Gasteiger partial charge in [-0.05, 0) is 38.0 Å². The lowest BCUT2D eigenvalue weighted by atomic mass is 9.92. The Bertz CT molecular complexity index is 259. The number of amides is 1. The number of carbonyl (C=O) groups is 1. The van der Waals surface area contributed by atoms with Crippen molar-refractivity contribution in [2.24, 2.45) is 11.8 Å². The first-order chi connectivity index (χ1) is 8.81. The van der Waals surface area contributed by atoms with Gasteiger partial charge >= 0.3 is 0 Å². The average Bonchev–Trinajstić information content (AvgIpc) is 2.67. The van der Waals surface area contributed by atoms with Crippen LogP contribution in [-0.2, 0) is 4.79 Å². The van der Waals surface area contributed by atoms with Crippen LogP contribution in [0.15, 0.2) is 0 Å². The van der Waals surface area contributed by atoms with E-state index in [1.54, 1.807) is 0 Å². The Morgan fingerprint density at radius 1 is 1.06 bits per heavy atom. The second-order valence-corrected chi connectivity index (χ2v) is 6.75. The van der Waals surface area contributed by atoms with Gasteiger partial charge in [0.2, 0.25) is 5.91 Å². The van der Waals surface area contributed by atoms with Gasteiger partial charge in [0.15, 0.2) is 0 Å². The second kappa shape index (κ2) is 7.52. The van der Waals surface area contributed by atoms with Crippen LogP contribution in [0.5, 0.6) is 0 Å². The lowest BCUT2D eigenvalue weighted by Gasteiger charge is -2.34. The molecule has 1 amide bonds. The second-order valence-electron chi connectivity index (χ2n) is 5.96. The van der Waals surface area contributed by atoms with Crippen molar-refractivity contribution in [3.8, 4) is 0 Å². The van der Waals surface area contributed by atoms with E-state index < -0.39 is 0 Å². The van der Waals surface area contributed by atoms with Crippen LogP contribution >= 0.6 is 15.9 Å². The molecule has 0 bridgehead atoms. The summed E-state index contributed by atoms with van der Waals surface area (Å²) in [6, 6.07) is 0. The molecule has 0 aromatic rings. The molecule has 1 aliphatic heterocycles. The third kappa shape index (κ3) is 3.97. The molecule has 1 saturated heterocycles. The molecule has 1 unspecified atom stereocenters. The van der Waals surface area contributed by atoms with Crippen molar-refractivity contribution in [2.75, 3.05) is 18.4 Å². The third-order valence-corrected chi connectivity index (χ3v) is 5.01. The summed E-state index contributed by atoms with van der Waals surface area (Å²) in [4.78, 5) is 14.7. The molecule has 0 spiro atoms. The summed E-state index contributed by atoms with van der Waals surface area (Å²) in [6.45, 7) is 2.02. The maximum atomic E-state index is 12.6. The Hall–Kier alpha value is -0.0500. The Kier molecular flexibility index (Phi) is 6.00. The predicted octanol–water partition coefficient (Wildman–Crippen LogP) is 3.98. The van der Waals surface area contributed by atoms with Crippen molar-refractivity contribution in [1.82, 2.24) is 4.90 Å². The Morgan fingerprint density at radius 3 is 2.44 bits per heavy atom. The van der Waals surface area contributed by atoms with Gasteiger partial charge in [-0.15, -0.1) is 0 Å². The molecular formula is C15H26BrNO. The summed E-state index contributed by atoms with van der Waals surface area (Å²) in [6.07, 6.45) is 11.2. The van der Waals surface area contributed by atoms with E-state index in [4.69, 9.17) is 0 Å². The maximum absolute atomic E-state index is 12.6. The van der Waals surface area contributed by atoms with Gasteiger partial charge < -0.3 is 4.90 Å². The van der Waals surface area contributed by atoms with Gasteiger partial charge in [0.25, 0.3) is 0 Å². The molecule has 2 aliphatic rings. The number of piperidine rings is 1. The highest BCUT2D eigenvalue weighted by Crippen LogP contribution is 2.27. The molecule has 1 aliphatic carbocycles. The minimum atomic E-state index is 0.343. The van der Waals surface area contributed by atoms with E-state index in [-0.39, 0.29) is 0 Å². The zero-order valence-corrected chi connectivity index (χ0v) is 13.0. The Balaban J connectivity index is 1.86. The van der Waals surface area contributed by atoms with Gasteiger partial charge in [-0.3, -0.25) is 4.79 Å². The number of carbonyl (C=O) groups excluding carboxylic acids is 1. The molecule has 0 aromatic heterocycles. The minimum Gasteiger partial charge on any atom is -0.342 e. The van der Waals surface area contributed by atoms with Crippen LogP contribution in [0.1, 0.15) is 57.8 Å². The summed E-state index contributed by atoms with van der Waals surface area (Å²) < 4.78 is 0. The van der Waals surface area contributed by atoms with Crippen LogP contribution in [-0.4, -0.2) is 29.2 Å². The smallest absolute Gasteiger partial charge is 0.225 e. The first kappa shape index (κ1) is 14.4. The molecule has 0 N–H and O–H groups in total. The van der Waals surface area contributed by atoms with Crippen molar-refractivity contribution in [1.29, 1.82) is 0 Å². The highest BCUT2D eigenvalue weighted by atomic mass is 79.9. The molecule has 0 aromatic carbocycles. The van der Waals surface area contributed by atoms with Gasteiger partial charge in [-0.2, -0.15) is 0 Å². The molecule has 104 valence electrons. The van der Waals surface area contributed by atoms with E-state index in [1.165, 1.54) is 44.9 Å². The summed E-state index contributed by atoms with van der Waals surface area (Å²) in [5, 5.41) is 1.07. The van der Waals surface area contributed by atoms with Crippen LogP contribution in [0, 0.1) is 11.8 Å². The zero-order valence-electron chi connectivity index (χ0n) is 11.4. The molecule has 0 radical (unpaired) electrons. The number of likely N-dealkylation sites (tertiary alicyclic amines) is 1. The normalized spacial score (nSPS) is 26.9. The van der Waals surface area contributed by atoms with E-state index in [9.17, 15) is 4.79 Å². The number of hydrogen-bond donors (Lipinski definition) is 0. The van der Waals surface area contributed by atoms with Crippen molar-refractivity contribution in [3.05, 3.63) is 0 Å². The third-order valence-electron chi connectivity index (χ3n) is 4.55. The van der Waals surface area contributed by atoms with Crippen molar-refractivity contribution in [2.45, 2.75) is 57.8 Å². The number of rotatable bonds is 3. The first-order valence-corrected chi connectivity index (χ1v) is 8.78. The fourth-order valence-electron chi connectivity index (χ4n) is 3.44. The van der Waals surface area contributed by atoms with E-state index in [0.29, 0.717) is 11.8 Å². The summed E-state index contributed by atoms with van der Waals surface area (Å²) in [5.41, 5.74) is 0. The molecule has 2 nitrogen and oxygen atoms in total. The van der Waals surface area contributed by atoms with E-state index >= 15 is 0 Å². The molecule has 2 fully saturated rings. The molecular weight excluding hydrogens is 290 g/mol. The predicted molar refractivity (Wildman–Crippen MR) is 78.9 cm³/mol. The quantitative estimate of drug-likeness (QED) is 0.570. The van der Waals surface area contributed by atoms with Gasteiger partial charge in [0.1, 0.15) is 0 Å². The molecule has 18 heavy (non-hydrogen) atoms. The lowest BCUT2D eigenvalue weighted by molar-refractivity contribution is -0.137. The monoisotopic (exact) mass is 315 g/mol. The van der Waals surface area contributed by atoms with Crippen LogP contribution < -0.4 is 0 Å². The van der Waals surface area contributed by atoms with Crippen molar-refractivity contribution < 1.29 is 4.79 Å². The van der Waals surface area contributed by atoms with Gasteiger partial charge in [-0.25, -0.2) is 0 Å². The zero-order chi connectivity index (χ0) is 12.8.